The molecule has 3 rings (SSSR count). The van der Waals surface area contributed by atoms with Gasteiger partial charge >= 0.3 is 6.03 Å². The number of nitrogens with zero attached hydrogens (tertiary/aromatic N) is 2. The number of hydrogen-bond donors (Lipinski definition) is 1. The fourth-order valence-corrected chi connectivity index (χ4v) is 3.42. The van der Waals surface area contributed by atoms with Crippen molar-refractivity contribution in [2.45, 2.75) is 39.8 Å². The lowest BCUT2D eigenvalue weighted by Gasteiger charge is -2.24. The zero-order valence-corrected chi connectivity index (χ0v) is 18.2. The van der Waals surface area contributed by atoms with Crippen LogP contribution in [0.3, 0.4) is 0 Å². The lowest BCUT2D eigenvalue weighted by molar-refractivity contribution is 0.206. The Bertz CT molecular complexity index is 986. The number of para-hydroxylation sites is 2. The van der Waals surface area contributed by atoms with Crippen LogP contribution in [0.2, 0.25) is 0 Å². The van der Waals surface area contributed by atoms with Crippen molar-refractivity contribution in [3.8, 4) is 5.75 Å². The molecule has 0 fully saturated rings. The number of unbranched alkanes of at least 4 members (excludes halogenated alkanes) is 1. The van der Waals surface area contributed by atoms with Crippen LogP contribution in [0.4, 0.5) is 14.9 Å². The van der Waals surface area contributed by atoms with E-state index in [9.17, 15) is 9.18 Å². The Hall–Kier alpha value is -3.28. The Morgan fingerprint density at radius 1 is 1.10 bits per heavy atom. The van der Waals surface area contributed by atoms with Crippen molar-refractivity contribution in [1.29, 1.82) is 0 Å². The van der Waals surface area contributed by atoms with Gasteiger partial charge in [0.25, 0.3) is 0 Å². The third kappa shape index (κ3) is 6.35. The van der Waals surface area contributed by atoms with Crippen LogP contribution in [0.5, 0.6) is 5.75 Å². The minimum absolute atomic E-state index is 0.167. The van der Waals surface area contributed by atoms with E-state index in [1.165, 1.54) is 12.1 Å². The Kier molecular flexibility index (Phi) is 8.10. The number of nitrogens with one attached hydrogen (secondary N) is 1. The summed E-state index contributed by atoms with van der Waals surface area (Å²) in [6.45, 7) is 6.21. The van der Waals surface area contributed by atoms with Crippen molar-refractivity contribution < 1.29 is 13.9 Å². The summed E-state index contributed by atoms with van der Waals surface area (Å²) in [5, 5.41) is 3.00. The molecule has 5 nitrogen and oxygen atoms in total. The van der Waals surface area contributed by atoms with Gasteiger partial charge in [-0.3, -0.25) is 0 Å². The summed E-state index contributed by atoms with van der Waals surface area (Å²) in [5.41, 5.74) is 2.53. The highest BCUT2D eigenvalue weighted by molar-refractivity contribution is 5.90. The number of amides is 2. The van der Waals surface area contributed by atoms with Gasteiger partial charge in [0.15, 0.2) is 0 Å². The number of ether oxygens (including phenoxy) is 1. The normalized spacial score (nSPS) is 10.7. The van der Waals surface area contributed by atoms with E-state index in [1.54, 1.807) is 6.07 Å². The maximum atomic E-state index is 13.6. The quantitative estimate of drug-likeness (QED) is 0.441. The minimum atomic E-state index is -0.247. The van der Waals surface area contributed by atoms with E-state index in [2.05, 4.69) is 16.8 Å². The molecule has 0 radical (unpaired) electrons. The van der Waals surface area contributed by atoms with Gasteiger partial charge in [-0.2, -0.15) is 0 Å². The zero-order chi connectivity index (χ0) is 22.1. The Labute approximate surface area is 183 Å². The molecule has 0 spiro atoms. The standard InChI is InChI=1S/C25H30FN3O2/c1-3-5-15-29(25(30)27-23-13-6-7-14-24(23)31-4-2)19-22-12-9-16-28(22)18-20-10-8-11-21(26)17-20/h6-14,16-17H,3-5,15,18-19H2,1-2H3,(H,27,30). The second-order valence-corrected chi connectivity index (χ2v) is 7.39. The molecule has 0 bridgehead atoms. The summed E-state index contributed by atoms with van der Waals surface area (Å²) in [6.07, 6.45) is 3.86. The second-order valence-electron chi connectivity index (χ2n) is 7.39. The molecule has 0 saturated heterocycles. The van der Waals surface area contributed by atoms with Gasteiger partial charge in [0.1, 0.15) is 11.6 Å². The number of benzene rings is 2. The van der Waals surface area contributed by atoms with Crippen LogP contribution in [0.15, 0.2) is 66.9 Å². The molecule has 0 aliphatic heterocycles. The molecular formula is C25H30FN3O2. The van der Waals surface area contributed by atoms with E-state index in [0.717, 1.165) is 24.1 Å². The smallest absolute Gasteiger partial charge is 0.322 e. The molecule has 1 aromatic heterocycles. The van der Waals surface area contributed by atoms with E-state index < -0.39 is 0 Å². The average Bonchev–Trinajstić information content (AvgIpc) is 3.19. The van der Waals surface area contributed by atoms with Crippen LogP contribution in [0.1, 0.15) is 37.9 Å². The first-order valence-electron chi connectivity index (χ1n) is 10.8. The number of urea groups is 1. The minimum Gasteiger partial charge on any atom is -0.492 e. The van der Waals surface area contributed by atoms with Crippen LogP contribution in [0.25, 0.3) is 0 Å². The summed E-state index contributed by atoms with van der Waals surface area (Å²) in [5.74, 6) is 0.409. The highest BCUT2D eigenvalue weighted by Crippen LogP contribution is 2.24. The first-order chi connectivity index (χ1) is 15.1. The monoisotopic (exact) mass is 423 g/mol. The predicted molar refractivity (Wildman–Crippen MR) is 122 cm³/mol. The van der Waals surface area contributed by atoms with E-state index in [-0.39, 0.29) is 11.8 Å². The number of aromatic nitrogens is 1. The van der Waals surface area contributed by atoms with Gasteiger partial charge in [-0.1, -0.05) is 37.6 Å². The maximum Gasteiger partial charge on any atom is 0.322 e. The maximum absolute atomic E-state index is 13.6. The lowest BCUT2D eigenvalue weighted by atomic mass is 10.2. The van der Waals surface area contributed by atoms with Crippen molar-refractivity contribution in [2.75, 3.05) is 18.5 Å². The van der Waals surface area contributed by atoms with Crippen molar-refractivity contribution in [3.63, 3.8) is 0 Å². The highest BCUT2D eigenvalue weighted by atomic mass is 19.1. The van der Waals surface area contributed by atoms with Crippen LogP contribution in [-0.4, -0.2) is 28.6 Å². The largest absolute Gasteiger partial charge is 0.492 e. The molecule has 6 heteroatoms. The van der Waals surface area contributed by atoms with Gasteiger partial charge in [-0.25, -0.2) is 9.18 Å². The Morgan fingerprint density at radius 3 is 2.71 bits per heavy atom. The third-order valence-electron chi connectivity index (χ3n) is 5.02. The van der Waals surface area contributed by atoms with Crippen molar-refractivity contribution >= 4 is 11.7 Å². The van der Waals surface area contributed by atoms with Crippen LogP contribution < -0.4 is 10.1 Å². The Morgan fingerprint density at radius 2 is 1.94 bits per heavy atom. The SMILES string of the molecule is CCCCN(Cc1cccn1Cc1cccc(F)c1)C(=O)Nc1ccccc1OCC. The van der Waals surface area contributed by atoms with Crippen molar-refractivity contribution in [2.24, 2.45) is 0 Å². The van der Waals surface area contributed by atoms with Gasteiger partial charge in [-0.05, 0) is 55.3 Å². The molecule has 1 N–H and O–H groups in total. The summed E-state index contributed by atoms with van der Waals surface area (Å²) in [4.78, 5) is 14.9. The molecule has 2 aromatic carbocycles. The van der Waals surface area contributed by atoms with Crippen molar-refractivity contribution in [1.82, 2.24) is 9.47 Å². The fourth-order valence-electron chi connectivity index (χ4n) is 3.42. The first kappa shape index (κ1) is 22.4. The second kappa shape index (κ2) is 11.2. The van der Waals surface area contributed by atoms with E-state index >= 15 is 0 Å². The van der Waals surface area contributed by atoms with Crippen LogP contribution in [0, 0.1) is 5.82 Å². The Balaban J connectivity index is 1.75. The summed E-state index contributed by atoms with van der Waals surface area (Å²) in [6, 6.07) is 17.8. The van der Waals surface area contributed by atoms with E-state index in [0.29, 0.717) is 37.7 Å². The molecule has 2 amide bonds. The molecule has 164 valence electrons. The van der Waals surface area contributed by atoms with E-state index in [4.69, 9.17) is 4.74 Å². The number of carbonyl (C=O) groups excluding carboxylic acids is 1. The highest BCUT2D eigenvalue weighted by Gasteiger charge is 2.17. The molecule has 0 atom stereocenters. The molecule has 0 aliphatic carbocycles. The topological polar surface area (TPSA) is 46.5 Å². The van der Waals surface area contributed by atoms with E-state index in [1.807, 2.05) is 60.5 Å². The molecule has 3 aromatic rings. The number of hydrogen-bond acceptors (Lipinski definition) is 2. The summed E-state index contributed by atoms with van der Waals surface area (Å²) >= 11 is 0. The molecule has 0 unspecified atom stereocenters. The molecule has 0 aliphatic rings. The molecule has 31 heavy (non-hydrogen) atoms. The fraction of sp³-hybridized carbons (Fsp3) is 0.320. The van der Waals surface area contributed by atoms with Crippen LogP contribution in [-0.2, 0) is 13.1 Å². The van der Waals surface area contributed by atoms with Gasteiger partial charge in [0.2, 0.25) is 0 Å². The van der Waals surface area contributed by atoms with Gasteiger partial charge in [0.05, 0.1) is 18.8 Å². The number of carbonyl (C=O) groups is 1. The van der Waals surface area contributed by atoms with Crippen molar-refractivity contribution in [3.05, 3.63) is 83.9 Å². The number of halogens is 1. The van der Waals surface area contributed by atoms with Gasteiger partial charge in [-0.15, -0.1) is 0 Å². The number of anilines is 1. The predicted octanol–water partition coefficient (Wildman–Crippen LogP) is 5.91. The zero-order valence-electron chi connectivity index (χ0n) is 18.2. The third-order valence-corrected chi connectivity index (χ3v) is 5.02. The molecular weight excluding hydrogens is 393 g/mol. The molecule has 1 heterocycles. The number of rotatable bonds is 10. The average molecular weight is 424 g/mol. The first-order valence-corrected chi connectivity index (χ1v) is 10.8. The summed E-state index contributed by atoms with van der Waals surface area (Å²) < 4.78 is 21.2. The lowest BCUT2D eigenvalue weighted by Crippen LogP contribution is -2.36. The van der Waals surface area contributed by atoms with Gasteiger partial charge < -0.3 is 19.5 Å². The summed E-state index contributed by atoms with van der Waals surface area (Å²) in [7, 11) is 0. The molecule has 0 saturated carbocycles. The van der Waals surface area contributed by atoms with Gasteiger partial charge in [0, 0.05) is 25.0 Å². The van der Waals surface area contributed by atoms with Crippen LogP contribution >= 0.6 is 0 Å².